The maximum absolute atomic E-state index is 12.7. The summed E-state index contributed by atoms with van der Waals surface area (Å²) < 4.78 is 26.8. The van der Waals surface area contributed by atoms with E-state index in [-0.39, 0.29) is 4.90 Å². The van der Waals surface area contributed by atoms with Crippen molar-refractivity contribution in [3.05, 3.63) is 48.2 Å². The summed E-state index contributed by atoms with van der Waals surface area (Å²) in [5, 5.41) is 0.573. The van der Waals surface area contributed by atoms with Crippen molar-refractivity contribution >= 4 is 27.2 Å². The second kappa shape index (κ2) is 6.78. The molecule has 0 aliphatic carbocycles. The van der Waals surface area contributed by atoms with E-state index in [9.17, 15) is 13.2 Å². The summed E-state index contributed by atoms with van der Waals surface area (Å²) in [6.45, 7) is 4.38. The Morgan fingerprint density at radius 2 is 1.92 bits per heavy atom. The van der Waals surface area contributed by atoms with E-state index in [0.717, 1.165) is 6.29 Å². The molecule has 0 fully saturated rings. The van der Waals surface area contributed by atoms with Gasteiger partial charge in [-0.1, -0.05) is 19.9 Å². The van der Waals surface area contributed by atoms with E-state index in [2.05, 4.69) is 9.97 Å². The molecule has 1 aromatic carbocycles. The fraction of sp³-hybridized carbons (Fsp3) is 0.222. The van der Waals surface area contributed by atoms with Crippen molar-refractivity contribution in [1.82, 2.24) is 14.3 Å². The van der Waals surface area contributed by atoms with Gasteiger partial charge in [-0.3, -0.25) is 9.78 Å². The summed E-state index contributed by atoms with van der Waals surface area (Å²) in [4.78, 5) is 19.3. The molecule has 7 heteroatoms. The molecular weight excluding hydrogens is 338 g/mol. The second-order valence-electron chi connectivity index (χ2n) is 5.54. The van der Waals surface area contributed by atoms with E-state index in [4.69, 9.17) is 0 Å². The summed E-state index contributed by atoms with van der Waals surface area (Å²) in [5.41, 5.74) is 2.32. The Labute approximate surface area is 146 Å². The molecule has 0 aliphatic heterocycles. The van der Waals surface area contributed by atoms with E-state index in [1.54, 1.807) is 50.4 Å². The summed E-state index contributed by atoms with van der Waals surface area (Å²) in [6.07, 6.45) is 2.38. The lowest BCUT2D eigenvalue weighted by Crippen LogP contribution is -2.30. The SMILES string of the molecule is CCN(CC)S(=O)(=O)c1ccc2[nH]c(-c3ccccn3)c(C=O)c2c1. The van der Waals surface area contributed by atoms with Gasteiger partial charge in [0, 0.05) is 35.8 Å². The van der Waals surface area contributed by atoms with Crippen molar-refractivity contribution in [1.29, 1.82) is 0 Å². The van der Waals surface area contributed by atoms with Gasteiger partial charge in [0.1, 0.15) is 0 Å². The fourth-order valence-electron chi connectivity index (χ4n) is 2.90. The third kappa shape index (κ3) is 2.96. The van der Waals surface area contributed by atoms with E-state index < -0.39 is 10.0 Å². The average molecular weight is 357 g/mol. The molecule has 3 rings (SSSR count). The van der Waals surface area contributed by atoms with Crippen LogP contribution in [-0.4, -0.2) is 42.1 Å². The van der Waals surface area contributed by atoms with Gasteiger partial charge in [0.25, 0.3) is 0 Å². The van der Waals surface area contributed by atoms with Crippen LogP contribution in [0, 0.1) is 0 Å². The van der Waals surface area contributed by atoms with Crippen LogP contribution in [0.25, 0.3) is 22.3 Å². The average Bonchev–Trinajstić information content (AvgIpc) is 3.01. The maximum atomic E-state index is 12.7. The van der Waals surface area contributed by atoms with Gasteiger partial charge in [-0.15, -0.1) is 0 Å². The number of H-pyrrole nitrogens is 1. The molecule has 1 N–H and O–H groups in total. The minimum atomic E-state index is -3.59. The molecule has 0 spiro atoms. The summed E-state index contributed by atoms with van der Waals surface area (Å²) >= 11 is 0. The maximum Gasteiger partial charge on any atom is 0.243 e. The third-order valence-electron chi connectivity index (χ3n) is 4.19. The van der Waals surface area contributed by atoms with Crippen molar-refractivity contribution in [2.45, 2.75) is 18.7 Å². The molecule has 6 nitrogen and oxygen atoms in total. The molecule has 0 bridgehead atoms. The Hall–Kier alpha value is -2.51. The predicted octanol–water partition coefficient (Wildman–Crippen LogP) is 3.07. The number of aromatic amines is 1. The van der Waals surface area contributed by atoms with Crippen LogP contribution in [0.1, 0.15) is 24.2 Å². The van der Waals surface area contributed by atoms with Gasteiger partial charge in [-0.2, -0.15) is 4.31 Å². The molecule has 25 heavy (non-hydrogen) atoms. The second-order valence-corrected chi connectivity index (χ2v) is 7.48. The molecule has 2 aromatic heterocycles. The number of aldehydes is 1. The van der Waals surface area contributed by atoms with Gasteiger partial charge in [0.2, 0.25) is 10.0 Å². The van der Waals surface area contributed by atoms with Crippen LogP contribution in [0.2, 0.25) is 0 Å². The minimum absolute atomic E-state index is 0.179. The Balaban J connectivity index is 2.20. The van der Waals surface area contributed by atoms with Crippen LogP contribution < -0.4 is 0 Å². The zero-order valence-electron chi connectivity index (χ0n) is 14.1. The van der Waals surface area contributed by atoms with Crippen LogP contribution in [0.3, 0.4) is 0 Å². The lowest BCUT2D eigenvalue weighted by atomic mass is 10.1. The van der Waals surface area contributed by atoms with E-state index in [1.165, 1.54) is 4.31 Å². The van der Waals surface area contributed by atoms with E-state index in [1.807, 2.05) is 6.07 Å². The molecular formula is C18H19N3O3S. The van der Waals surface area contributed by atoms with Gasteiger partial charge in [0.15, 0.2) is 6.29 Å². The van der Waals surface area contributed by atoms with Gasteiger partial charge in [-0.25, -0.2) is 8.42 Å². The standard InChI is InChI=1S/C18H19N3O3S/c1-3-21(4-2)25(23,24)13-8-9-16-14(11-13)15(12-22)18(20-16)17-7-5-6-10-19-17/h5-12,20H,3-4H2,1-2H3. The predicted molar refractivity (Wildman–Crippen MR) is 97.0 cm³/mol. The highest BCUT2D eigenvalue weighted by atomic mass is 32.2. The number of hydrogen-bond donors (Lipinski definition) is 1. The zero-order chi connectivity index (χ0) is 18.0. The molecule has 2 heterocycles. The Morgan fingerprint density at radius 3 is 2.52 bits per heavy atom. The van der Waals surface area contributed by atoms with Crippen molar-refractivity contribution in [3.63, 3.8) is 0 Å². The number of pyridine rings is 1. The molecule has 0 radical (unpaired) electrons. The van der Waals surface area contributed by atoms with Gasteiger partial charge < -0.3 is 4.98 Å². The van der Waals surface area contributed by atoms with Crippen LogP contribution in [0.15, 0.2) is 47.5 Å². The molecule has 0 amide bonds. The Kier molecular flexibility index (Phi) is 4.69. The molecule has 0 aliphatic rings. The molecule has 0 unspecified atom stereocenters. The van der Waals surface area contributed by atoms with Crippen LogP contribution >= 0.6 is 0 Å². The largest absolute Gasteiger partial charge is 0.353 e. The van der Waals surface area contributed by atoms with Crippen molar-refractivity contribution in [3.8, 4) is 11.4 Å². The highest BCUT2D eigenvalue weighted by Crippen LogP contribution is 2.30. The number of nitrogens with one attached hydrogen (secondary N) is 1. The number of carbonyl (C=O) groups is 1. The van der Waals surface area contributed by atoms with E-state index >= 15 is 0 Å². The molecule has 0 saturated carbocycles. The zero-order valence-corrected chi connectivity index (χ0v) is 14.9. The van der Waals surface area contributed by atoms with Crippen LogP contribution in [0.5, 0.6) is 0 Å². The van der Waals surface area contributed by atoms with Crippen LogP contribution in [0.4, 0.5) is 0 Å². The lowest BCUT2D eigenvalue weighted by Gasteiger charge is -2.18. The number of aromatic nitrogens is 2. The highest BCUT2D eigenvalue weighted by Gasteiger charge is 2.23. The first-order valence-electron chi connectivity index (χ1n) is 8.05. The Bertz CT molecular complexity index is 1010. The molecule has 130 valence electrons. The fourth-order valence-corrected chi connectivity index (χ4v) is 4.38. The molecule has 3 aromatic rings. The summed E-state index contributed by atoms with van der Waals surface area (Å²) in [6, 6.07) is 10.2. The third-order valence-corrected chi connectivity index (χ3v) is 6.24. The summed E-state index contributed by atoms with van der Waals surface area (Å²) in [7, 11) is -3.59. The first-order chi connectivity index (χ1) is 12.0. The smallest absolute Gasteiger partial charge is 0.243 e. The number of sulfonamides is 1. The quantitative estimate of drug-likeness (QED) is 0.687. The van der Waals surface area contributed by atoms with Gasteiger partial charge in [-0.05, 0) is 30.3 Å². The first kappa shape index (κ1) is 17.3. The minimum Gasteiger partial charge on any atom is -0.353 e. The number of benzene rings is 1. The number of nitrogens with zero attached hydrogens (tertiary/aromatic N) is 2. The summed E-state index contributed by atoms with van der Waals surface area (Å²) in [5.74, 6) is 0. The topological polar surface area (TPSA) is 83.1 Å². The Morgan fingerprint density at radius 1 is 1.16 bits per heavy atom. The molecule has 0 saturated heterocycles. The van der Waals surface area contributed by atoms with Crippen molar-refractivity contribution in [2.24, 2.45) is 0 Å². The van der Waals surface area contributed by atoms with Gasteiger partial charge >= 0.3 is 0 Å². The van der Waals surface area contributed by atoms with Crippen molar-refractivity contribution in [2.75, 3.05) is 13.1 Å². The number of carbonyl (C=O) groups excluding carboxylic acids is 1. The monoisotopic (exact) mass is 357 g/mol. The number of hydrogen-bond acceptors (Lipinski definition) is 4. The number of fused-ring (bicyclic) bond motifs is 1. The first-order valence-corrected chi connectivity index (χ1v) is 9.49. The van der Waals surface area contributed by atoms with Gasteiger partial charge in [0.05, 0.1) is 16.3 Å². The van der Waals surface area contributed by atoms with Crippen molar-refractivity contribution < 1.29 is 13.2 Å². The van der Waals surface area contributed by atoms with Crippen LogP contribution in [-0.2, 0) is 10.0 Å². The normalized spacial score (nSPS) is 12.0. The molecule has 0 atom stereocenters. The number of rotatable bonds is 6. The van der Waals surface area contributed by atoms with E-state index in [0.29, 0.717) is 40.9 Å². The lowest BCUT2D eigenvalue weighted by molar-refractivity contribution is 0.112. The highest BCUT2D eigenvalue weighted by molar-refractivity contribution is 7.89.